The Morgan fingerprint density at radius 2 is 1.83 bits per heavy atom. The van der Waals surface area contributed by atoms with Crippen molar-refractivity contribution >= 4 is 35.0 Å². The van der Waals surface area contributed by atoms with E-state index in [2.05, 4.69) is 24.4 Å². The first kappa shape index (κ1) is 19.3. The molecule has 0 aromatic heterocycles. The normalized spacial score (nSPS) is 16.1. The van der Waals surface area contributed by atoms with Gasteiger partial charge < -0.3 is 5.32 Å². The molecule has 0 saturated carbocycles. The number of hydrogen-bond donors (Lipinski definition) is 1. The standard InChI is InChI=1S/C24H22N2O2S/c1-2-17-8-6-13-21(14-17)26-22(27)16-29-24(26)19-11-7-12-20(15-19)25-23(28)18-9-4-3-5-10-18/h3-15,24H,2,16H2,1H3,(H,25,28)/t24-/m1/s1. The first-order chi connectivity index (χ1) is 14.2. The highest BCUT2D eigenvalue weighted by molar-refractivity contribution is 8.00. The molecule has 1 atom stereocenters. The fraction of sp³-hybridized carbons (Fsp3) is 0.167. The maximum Gasteiger partial charge on any atom is 0.255 e. The van der Waals surface area contributed by atoms with Gasteiger partial charge in [0.25, 0.3) is 5.91 Å². The number of nitrogens with zero attached hydrogens (tertiary/aromatic N) is 1. The van der Waals surface area contributed by atoms with Crippen LogP contribution in [0.2, 0.25) is 0 Å². The highest BCUT2D eigenvalue weighted by Gasteiger charge is 2.34. The van der Waals surface area contributed by atoms with E-state index in [0.29, 0.717) is 11.3 Å². The van der Waals surface area contributed by atoms with Crippen LogP contribution in [0.5, 0.6) is 0 Å². The summed E-state index contributed by atoms with van der Waals surface area (Å²) < 4.78 is 0. The number of amides is 2. The van der Waals surface area contributed by atoms with Gasteiger partial charge in [0.1, 0.15) is 5.37 Å². The quantitative estimate of drug-likeness (QED) is 0.632. The topological polar surface area (TPSA) is 49.4 Å². The molecular formula is C24H22N2O2S. The summed E-state index contributed by atoms with van der Waals surface area (Å²) >= 11 is 1.61. The summed E-state index contributed by atoms with van der Waals surface area (Å²) in [6, 6.07) is 25.0. The second-order valence-corrected chi connectivity index (χ2v) is 7.96. The van der Waals surface area contributed by atoms with Gasteiger partial charge >= 0.3 is 0 Å². The number of thioether (sulfide) groups is 1. The summed E-state index contributed by atoms with van der Waals surface area (Å²) in [4.78, 5) is 27.0. The molecular weight excluding hydrogens is 380 g/mol. The molecule has 0 bridgehead atoms. The number of carbonyl (C=O) groups excluding carboxylic acids is 2. The zero-order valence-electron chi connectivity index (χ0n) is 16.2. The molecule has 3 aromatic rings. The maximum atomic E-state index is 12.6. The molecule has 146 valence electrons. The molecule has 0 radical (unpaired) electrons. The highest BCUT2D eigenvalue weighted by Crippen LogP contribution is 2.42. The zero-order valence-corrected chi connectivity index (χ0v) is 17.0. The van der Waals surface area contributed by atoms with Crippen molar-refractivity contribution in [3.63, 3.8) is 0 Å². The van der Waals surface area contributed by atoms with Gasteiger partial charge in [0.05, 0.1) is 5.75 Å². The van der Waals surface area contributed by atoms with Crippen LogP contribution in [0, 0.1) is 0 Å². The lowest BCUT2D eigenvalue weighted by atomic mass is 10.1. The molecule has 0 spiro atoms. The van der Waals surface area contributed by atoms with Crippen LogP contribution >= 0.6 is 11.8 Å². The lowest BCUT2D eigenvalue weighted by molar-refractivity contribution is -0.115. The van der Waals surface area contributed by atoms with Crippen molar-refractivity contribution in [2.75, 3.05) is 16.0 Å². The Bertz CT molecular complexity index is 1040. The lowest BCUT2D eigenvalue weighted by Gasteiger charge is -2.25. The Kier molecular flexibility index (Phi) is 5.67. The Morgan fingerprint density at radius 1 is 1.03 bits per heavy atom. The molecule has 4 rings (SSSR count). The van der Waals surface area contributed by atoms with Crippen molar-refractivity contribution in [2.24, 2.45) is 0 Å². The Balaban J connectivity index is 1.59. The summed E-state index contributed by atoms with van der Waals surface area (Å²) in [6.07, 6.45) is 0.925. The van der Waals surface area contributed by atoms with Gasteiger partial charge in [-0.15, -0.1) is 11.8 Å². The Hall–Kier alpha value is -3.05. The van der Waals surface area contributed by atoms with Crippen molar-refractivity contribution < 1.29 is 9.59 Å². The minimum atomic E-state index is -0.148. The van der Waals surface area contributed by atoms with Gasteiger partial charge in [0, 0.05) is 16.9 Å². The van der Waals surface area contributed by atoms with E-state index in [4.69, 9.17) is 0 Å². The number of anilines is 2. The zero-order chi connectivity index (χ0) is 20.2. The van der Waals surface area contributed by atoms with Crippen LogP contribution in [-0.4, -0.2) is 17.6 Å². The molecule has 0 aliphatic carbocycles. The van der Waals surface area contributed by atoms with Crippen molar-refractivity contribution in [1.29, 1.82) is 0 Å². The smallest absolute Gasteiger partial charge is 0.255 e. The van der Waals surface area contributed by atoms with E-state index in [0.717, 1.165) is 23.4 Å². The minimum absolute atomic E-state index is 0.104. The third-order valence-electron chi connectivity index (χ3n) is 4.93. The number of carbonyl (C=O) groups is 2. The Labute approximate surface area is 174 Å². The average Bonchev–Trinajstić information content (AvgIpc) is 3.16. The van der Waals surface area contributed by atoms with Crippen molar-refractivity contribution in [3.8, 4) is 0 Å². The third-order valence-corrected chi connectivity index (χ3v) is 6.14. The number of aryl methyl sites for hydroxylation is 1. The van der Waals surface area contributed by atoms with Crippen molar-refractivity contribution in [1.82, 2.24) is 0 Å². The van der Waals surface area contributed by atoms with Crippen LogP contribution in [0.25, 0.3) is 0 Å². The predicted octanol–water partition coefficient (Wildman–Crippen LogP) is 5.28. The van der Waals surface area contributed by atoms with E-state index in [1.165, 1.54) is 5.56 Å². The average molecular weight is 403 g/mol. The van der Waals surface area contributed by atoms with Gasteiger partial charge in [0.15, 0.2) is 0 Å². The number of hydrogen-bond acceptors (Lipinski definition) is 3. The number of benzene rings is 3. The van der Waals surface area contributed by atoms with Gasteiger partial charge in [-0.2, -0.15) is 0 Å². The van der Waals surface area contributed by atoms with E-state index in [9.17, 15) is 9.59 Å². The van der Waals surface area contributed by atoms with E-state index >= 15 is 0 Å². The largest absolute Gasteiger partial charge is 0.322 e. The van der Waals surface area contributed by atoms with Gasteiger partial charge in [-0.3, -0.25) is 14.5 Å². The second-order valence-electron chi connectivity index (χ2n) is 6.90. The van der Waals surface area contributed by atoms with E-state index in [1.807, 2.05) is 59.5 Å². The van der Waals surface area contributed by atoms with Crippen LogP contribution in [0.3, 0.4) is 0 Å². The maximum absolute atomic E-state index is 12.6. The number of nitrogens with one attached hydrogen (secondary N) is 1. The molecule has 2 amide bonds. The summed E-state index contributed by atoms with van der Waals surface area (Å²) in [5, 5.41) is 2.85. The van der Waals surface area contributed by atoms with Gasteiger partial charge in [-0.05, 0) is 53.9 Å². The fourth-order valence-corrected chi connectivity index (χ4v) is 4.61. The number of rotatable bonds is 5. The van der Waals surface area contributed by atoms with E-state index in [1.54, 1.807) is 23.9 Å². The first-order valence-corrected chi connectivity index (χ1v) is 10.7. The van der Waals surface area contributed by atoms with Crippen LogP contribution in [0.4, 0.5) is 11.4 Å². The molecule has 29 heavy (non-hydrogen) atoms. The lowest BCUT2D eigenvalue weighted by Crippen LogP contribution is -2.28. The van der Waals surface area contributed by atoms with Crippen molar-refractivity contribution in [2.45, 2.75) is 18.7 Å². The second kappa shape index (κ2) is 8.53. The molecule has 3 aromatic carbocycles. The molecule has 1 heterocycles. The summed E-state index contributed by atoms with van der Waals surface area (Å²) in [6.45, 7) is 2.11. The fourth-order valence-electron chi connectivity index (χ4n) is 3.44. The monoisotopic (exact) mass is 402 g/mol. The summed E-state index contributed by atoms with van der Waals surface area (Å²) in [7, 11) is 0. The first-order valence-electron chi connectivity index (χ1n) is 9.64. The Morgan fingerprint density at radius 3 is 2.62 bits per heavy atom. The molecule has 0 unspecified atom stereocenters. The minimum Gasteiger partial charge on any atom is -0.322 e. The SMILES string of the molecule is CCc1cccc(N2C(=O)CS[C@@H]2c2cccc(NC(=O)c3ccccc3)c2)c1. The molecule has 1 aliphatic heterocycles. The van der Waals surface area contributed by atoms with Crippen LogP contribution in [0.15, 0.2) is 78.9 Å². The van der Waals surface area contributed by atoms with E-state index in [-0.39, 0.29) is 17.2 Å². The third kappa shape index (κ3) is 4.20. The van der Waals surface area contributed by atoms with Gasteiger partial charge in [-0.25, -0.2) is 0 Å². The van der Waals surface area contributed by atoms with Gasteiger partial charge in [0.2, 0.25) is 5.91 Å². The molecule has 1 saturated heterocycles. The molecule has 1 N–H and O–H groups in total. The molecule has 4 nitrogen and oxygen atoms in total. The van der Waals surface area contributed by atoms with E-state index < -0.39 is 0 Å². The van der Waals surface area contributed by atoms with Crippen LogP contribution in [0.1, 0.15) is 33.8 Å². The predicted molar refractivity (Wildman–Crippen MR) is 119 cm³/mol. The van der Waals surface area contributed by atoms with Crippen molar-refractivity contribution in [3.05, 3.63) is 95.6 Å². The summed E-state index contributed by atoms with van der Waals surface area (Å²) in [5.41, 5.74) is 4.45. The molecule has 5 heteroatoms. The van der Waals surface area contributed by atoms with Crippen LogP contribution < -0.4 is 10.2 Å². The van der Waals surface area contributed by atoms with Crippen LogP contribution in [-0.2, 0) is 11.2 Å². The summed E-state index contributed by atoms with van der Waals surface area (Å²) in [5.74, 6) is 0.402. The molecule has 1 fully saturated rings. The van der Waals surface area contributed by atoms with Gasteiger partial charge in [-0.1, -0.05) is 49.4 Å². The molecule has 1 aliphatic rings. The highest BCUT2D eigenvalue weighted by atomic mass is 32.2.